The fourth-order valence-electron chi connectivity index (χ4n) is 0.826. The summed E-state index contributed by atoms with van der Waals surface area (Å²) in [6.07, 6.45) is 0. The zero-order chi connectivity index (χ0) is 10.0. The van der Waals surface area contributed by atoms with Crippen LogP contribution in [0.25, 0.3) is 0 Å². The second kappa shape index (κ2) is 8.34. The molecule has 0 fully saturated rings. The van der Waals surface area contributed by atoms with Gasteiger partial charge in [-0.1, -0.05) is 17.9 Å². The van der Waals surface area contributed by atoms with Gasteiger partial charge < -0.3 is 20.1 Å². The average Bonchev–Trinajstić information content (AvgIpc) is 2.03. The van der Waals surface area contributed by atoms with Crippen LogP contribution in [0.2, 0.25) is 0 Å². The van der Waals surface area contributed by atoms with Crippen LogP contribution in [-0.4, -0.2) is 17.0 Å². The molecule has 68 valence electrons. The summed E-state index contributed by atoms with van der Waals surface area (Å²) in [5, 5.41) is 29.6. The summed E-state index contributed by atoms with van der Waals surface area (Å²) >= 11 is 0. The quantitative estimate of drug-likeness (QED) is 0.531. The predicted molar refractivity (Wildman–Crippen MR) is 37.2 cm³/mol. The van der Waals surface area contributed by atoms with Crippen LogP contribution in [0.4, 0.5) is 0 Å². The molecule has 1 aromatic carbocycles. The first-order valence-electron chi connectivity index (χ1n) is 3.28. The Hall–Kier alpha value is 1.23. The number of hydrogen-bond acceptors (Lipinski definition) is 4. The van der Waals surface area contributed by atoms with Gasteiger partial charge in [-0.25, -0.2) is 4.79 Å². The first-order valence-corrected chi connectivity index (χ1v) is 3.28. The minimum atomic E-state index is -1.51. The van der Waals surface area contributed by atoms with E-state index in [-0.39, 0.29) is 108 Å². The Morgan fingerprint density at radius 2 is 1.73 bits per heavy atom. The maximum absolute atomic E-state index is 10.9. The van der Waals surface area contributed by atoms with E-state index >= 15 is 0 Å². The first-order chi connectivity index (χ1) is 6.02. The van der Waals surface area contributed by atoms with E-state index in [4.69, 9.17) is 5.11 Å². The van der Waals surface area contributed by atoms with E-state index in [1.165, 1.54) is 0 Å². The Labute approximate surface area is 171 Å². The van der Waals surface area contributed by atoms with Crippen molar-refractivity contribution in [3.63, 3.8) is 0 Å². The maximum atomic E-state index is 10.9. The molecular weight excluding hydrogens is 254 g/mol. The van der Waals surface area contributed by atoms with E-state index < -0.39 is 23.3 Å². The van der Waals surface area contributed by atoms with Crippen molar-refractivity contribution in [2.75, 3.05) is 0 Å². The smallest absolute Gasteiger partial charge is 0.872 e. The standard InChI is InChI=1S/C8H6O5.2K/c9-6-3-4(7(10)11)1-2-5(6)8(12)13;;/h1-3,9H,(H,10,11)(H,12,13);;/q;2*+1/p-2. The van der Waals surface area contributed by atoms with Crippen molar-refractivity contribution in [3.05, 3.63) is 29.3 Å². The fraction of sp³-hybridized carbons (Fsp3) is 0. The molecule has 1 rings (SSSR count). The molecule has 0 aliphatic heterocycles. The molecular formula is C8H4K2O5. The Kier molecular flexibility index (Phi) is 10.3. The SMILES string of the molecule is O=C([O-])c1ccc(C(=O)O)c([O-])c1.[K+].[K+]. The molecule has 1 aromatic rings. The summed E-state index contributed by atoms with van der Waals surface area (Å²) < 4.78 is 0. The molecule has 15 heavy (non-hydrogen) atoms. The largest absolute Gasteiger partial charge is 1.00 e. The third-order valence-corrected chi connectivity index (χ3v) is 1.45. The van der Waals surface area contributed by atoms with Crippen LogP contribution in [0, 0.1) is 0 Å². The normalized spacial score (nSPS) is 8.27. The van der Waals surface area contributed by atoms with Gasteiger partial charge in [0, 0.05) is 0 Å². The molecule has 1 N–H and O–H groups in total. The van der Waals surface area contributed by atoms with Gasteiger partial charge in [0.2, 0.25) is 0 Å². The van der Waals surface area contributed by atoms with Gasteiger partial charge in [0.25, 0.3) is 0 Å². The van der Waals surface area contributed by atoms with Crippen molar-refractivity contribution in [3.8, 4) is 5.75 Å². The molecule has 0 spiro atoms. The van der Waals surface area contributed by atoms with Gasteiger partial charge in [-0.3, -0.25) is 0 Å². The number of benzene rings is 1. The summed E-state index contributed by atoms with van der Waals surface area (Å²) in [7, 11) is 0. The van der Waals surface area contributed by atoms with Gasteiger partial charge in [0.1, 0.15) is 0 Å². The summed E-state index contributed by atoms with van der Waals surface area (Å²) in [6.45, 7) is 0. The molecule has 0 saturated carbocycles. The fourth-order valence-corrected chi connectivity index (χ4v) is 0.826. The molecule has 0 radical (unpaired) electrons. The van der Waals surface area contributed by atoms with Gasteiger partial charge >= 0.3 is 109 Å². The van der Waals surface area contributed by atoms with E-state index in [0.29, 0.717) is 0 Å². The molecule has 7 heteroatoms. The van der Waals surface area contributed by atoms with E-state index in [1.54, 1.807) is 0 Å². The van der Waals surface area contributed by atoms with Crippen molar-refractivity contribution in [2.24, 2.45) is 0 Å². The van der Waals surface area contributed by atoms with Crippen molar-refractivity contribution in [1.29, 1.82) is 0 Å². The van der Waals surface area contributed by atoms with Crippen LogP contribution in [0.5, 0.6) is 5.75 Å². The first kappa shape index (κ1) is 18.6. The molecule has 5 nitrogen and oxygen atoms in total. The second-order valence-corrected chi connectivity index (χ2v) is 2.30. The molecule has 0 aliphatic rings. The molecule has 0 heterocycles. The molecule has 0 bridgehead atoms. The molecule has 0 aliphatic carbocycles. The van der Waals surface area contributed by atoms with Gasteiger partial charge in [0.05, 0.1) is 11.5 Å². The zero-order valence-electron chi connectivity index (χ0n) is 8.31. The maximum Gasteiger partial charge on any atom is 1.00 e. The van der Waals surface area contributed by atoms with E-state index in [0.717, 1.165) is 18.2 Å². The van der Waals surface area contributed by atoms with Crippen LogP contribution in [0.15, 0.2) is 18.2 Å². The summed E-state index contributed by atoms with van der Waals surface area (Å²) in [4.78, 5) is 20.6. The van der Waals surface area contributed by atoms with Crippen LogP contribution >= 0.6 is 0 Å². The van der Waals surface area contributed by atoms with Crippen molar-refractivity contribution in [1.82, 2.24) is 0 Å². The number of aromatic carboxylic acids is 2. The summed E-state index contributed by atoms with van der Waals surface area (Å²) in [6, 6.07) is 2.68. The third kappa shape index (κ3) is 5.40. The number of carboxylic acid groups (broad SMARTS) is 2. The second-order valence-electron chi connectivity index (χ2n) is 2.30. The van der Waals surface area contributed by atoms with E-state index in [9.17, 15) is 19.8 Å². The van der Waals surface area contributed by atoms with E-state index in [2.05, 4.69) is 0 Å². The minimum Gasteiger partial charge on any atom is -0.872 e. The molecule has 0 saturated heterocycles. The molecule has 0 aromatic heterocycles. The Bertz CT molecular complexity index is 377. The van der Waals surface area contributed by atoms with Gasteiger partial charge in [0.15, 0.2) is 0 Å². The van der Waals surface area contributed by atoms with Crippen molar-refractivity contribution < 1.29 is 128 Å². The van der Waals surface area contributed by atoms with Gasteiger partial charge in [-0.2, -0.15) is 0 Å². The van der Waals surface area contributed by atoms with Crippen LogP contribution in [0.3, 0.4) is 0 Å². The predicted octanol–water partition coefficient (Wildman–Crippen LogP) is -7.17. The van der Waals surface area contributed by atoms with Crippen LogP contribution in [0.1, 0.15) is 20.7 Å². The van der Waals surface area contributed by atoms with Gasteiger partial charge in [-0.05, 0) is 11.6 Å². The molecule has 0 atom stereocenters. The van der Waals surface area contributed by atoms with Gasteiger partial charge in [-0.15, -0.1) is 0 Å². The summed E-state index contributed by atoms with van der Waals surface area (Å²) in [5.74, 6) is -3.72. The Morgan fingerprint density at radius 3 is 2.07 bits per heavy atom. The molecule has 0 unspecified atom stereocenters. The van der Waals surface area contributed by atoms with E-state index in [1.807, 2.05) is 0 Å². The number of hydrogen-bond donors (Lipinski definition) is 1. The minimum absolute atomic E-state index is 0. The topological polar surface area (TPSA) is 100 Å². The summed E-state index contributed by atoms with van der Waals surface area (Å²) in [5.41, 5.74) is -0.778. The van der Waals surface area contributed by atoms with Crippen molar-refractivity contribution in [2.45, 2.75) is 0 Å². The average molecular weight is 258 g/mol. The van der Waals surface area contributed by atoms with Crippen LogP contribution in [-0.2, 0) is 0 Å². The zero-order valence-corrected chi connectivity index (χ0v) is 14.6. The number of carboxylic acids is 2. The number of carbonyl (C=O) groups excluding carboxylic acids is 1. The van der Waals surface area contributed by atoms with Crippen molar-refractivity contribution >= 4 is 11.9 Å². The number of carbonyl (C=O) groups is 2. The Balaban J connectivity index is 0. The Morgan fingerprint density at radius 1 is 1.20 bits per heavy atom. The number of rotatable bonds is 2. The third-order valence-electron chi connectivity index (χ3n) is 1.45. The van der Waals surface area contributed by atoms with Crippen LogP contribution < -0.4 is 113 Å². The monoisotopic (exact) mass is 258 g/mol. The molecule has 0 amide bonds.